The zero-order valence-corrected chi connectivity index (χ0v) is 13.1. The van der Waals surface area contributed by atoms with Crippen molar-refractivity contribution in [1.29, 1.82) is 0 Å². The summed E-state index contributed by atoms with van der Waals surface area (Å²) in [5, 5.41) is 9.86. The molecule has 4 heteroatoms. The predicted molar refractivity (Wildman–Crippen MR) is 78.0 cm³/mol. The minimum atomic E-state index is -0.769. The summed E-state index contributed by atoms with van der Waals surface area (Å²) in [7, 11) is 1.91. The van der Waals surface area contributed by atoms with E-state index in [1.807, 2.05) is 18.9 Å². The van der Waals surface area contributed by atoms with Crippen LogP contribution < -0.4 is 0 Å². The molecule has 0 aliphatic carbocycles. The van der Waals surface area contributed by atoms with Crippen molar-refractivity contribution in [2.24, 2.45) is 0 Å². The van der Waals surface area contributed by atoms with Crippen molar-refractivity contribution in [2.75, 3.05) is 20.1 Å². The molecule has 2 unspecified atom stereocenters. The molecule has 0 saturated carbocycles. The highest BCUT2D eigenvalue weighted by atomic mass is 16.3. The van der Waals surface area contributed by atoms with Gasteiger partial charge >= 0.3 is 0 Å². The number of hydrogen-bond donors (Lipinski definition) is 1. The molecule has 1 aliphatic rings. The molecule has 0 radical (unpaired) electrons. The Bertz CT molecular complexity index is 299. The number of likely N-dealkylation sites (tertiary alicyclic amines) is 1. The van der Waals surface area contributed by atoms with E-state index in [0.717, 1.165) is 25.8 Å². The predicted octanol–water partition coefficient (Wildman–Crippen LogP) is 1.87. The van der Waals surface area contributed by atoms with Crippen LogP contribution in [0.15, 0.2) is 0 Å². The molecule has 0 bridgehead atoms. The van der Waals surface area contributed by atoms with Crippen LogP contribution in [0.4, 0.5) is 0 Å². The van der Waals surface area contributed by atoms with E-state index < -0.39 is 5.60 Å². The molecule has 1 fully saturated rings. The number of carbonyl (C=O) groups is 1. The molecular formula is C15H30N2O2. The molecule has 4 nitrogen and oxygen atoms in total. The molecular weight excluding hydrogens is 240 g/mol. The maximum absolute atomic E-state index is 12.6. The number of hydrogen-bond acceptors (Lipinski definition) is 3. The molecule has 0 spiro atoms. The van der Waals surface area contributed by atoms with Crippen LogP contribution in [-0.2, 0) is 4.79 Å². The van der Waals surface area contributed by atoms with Gasteiger partial charge in [-0.25, -0.2) is 0 Å². The molecule has 0 aromatic heterocycles. The highest BCUT2D eigenvalue weighted by Crippen LogP contribution is 2.21. The van der Waals surface area contributed by atoms with Gasteiger partial charge in [0.05, 0.1) is 11.6 Å². The molecule has 1 rings (SSSR count). The van der Waals surface area contributed by atoms with Crippen LogP contribution >= 0.6 is 0 Å². The first-order valence-electron chi connectivity index (χ1n) is 7.49. The maximum Gasteiger partial charge on any atom is 0.239 e. The summed E-state index contributed by atoms with van der Waals surface area (Å²) in [6.07, 6.45) is 4.51. The van der Waals surface area contributed by atoms with Gasteiger partial charge in [0.25, 0.3) is 0 Å². The van der Waals surface area contributed by atoms with Crippen molar-refractivity contribution in [2.45, 2.75) is 71.1 Å². The molecule has 1 aliphatic heterocycles. The van der Waals surface area contributed by atoms with Crippen molar-refractivity contribution < 1.29 is 9.90 Å². The monoisotopic (exact) mass is 270 g/mol. The van der Waals surface area contributed by atoms with Crippen LogP contribution in [0.2, 0.25) is 0 Å². The van der Waals surface area contributed by atoms with Crippen molar-refractivity contribution in [3.05, 3.63) is 0 Å². The third kappa shape index (κ3) is 4.77. The Balaban J connectivity index is 2.64. The summed E-state index contributed by atoms with van der Waals surface area (Å²) in [5.74, 6) is 0.207. The zero-order chi connectivity index (χ0) is 14.6. The summed E-state index contributed by atoms with van der Waals surface area (Å²) in [6, 6.07) is 0.234. The van der Waals surface area contributed by atoms with Crippen LogP contribution in [0.25, 0.3) is 0 Å². The van der Waals surface area contributed by atoms with Gasteiger partial charge in [0, 0.05) is 19.1 Å². The van der Waals surface area contributed by atoms with Gasteiger partial charge in [-0.1, -0.05) is 6.92 Å². The standard InChI is InChI=1S/C15H30N2O2/c1-6-13-9-7-8-10-17(13)14(18)12(2)16(5)11-15(3,4)19/h12-13,19H,6-11H2,1-5H3. The SMILES string of the molecule is CCC1CCCCN1C(=O)C(C)N(C)CC(C)(C)O. The summed E-state index contributed by atoms with van der Waals surface area (Å²) >= 11 is 0. The Hall–Kier alpha value is -0.610. The third-order valence-corrected chi connectivity index (χ3v) is 4.04. The fourth-order valence-electron chi connectivity index (χ4n) is 2.89. The lowest BCUT2D eigenvalue weighted by molar-refractivity contribution is -0.140. The number of piperidine rings is 1. The van der Waals surface area contributed by atoms with Crippen molar-refractivity contribution >= 4 is 5.91 Å². The van der Waals surface area contributed by atoms with E-state index in [4.69, 9.17) is 0 Å². The second-order valence-electron chi connectivity index (χ2n) is 6.49. The molecule has 1 N–H and O–H groups in total. The van der Waals surface area contributed by atoms with E-state index in [2.05, 4.69) is 11.8 Å². The number of rotatable bonds is 5. The number of aliphatic hydroxyl groups is 1. The Morgan fingerprint density at radius 2 is 2.11 bits per heavy atom. The Morgan fingerprint density at radius 3 is 2.63 bits per heavy atom. The van der Waals surface area contributed by atoms with Crippen LogP contribution in [0, 0.1) is 0 Å². The molecule has 1 heterocycles. The van der Waals surface area contributed by atoms with E-state index in [1.54, 1.807) is 13.8 Å². The van der Waals surface area contributed by atoms with Crippen LogP contribution in [-0.4, -0.2) is 58.6 Å². The molecule has 1 amide bonds. The smallest absolute Gasteiger partial charge is 0.239 e. The van der Waals surface area contributed by atoms with E-state index in [0.29, 0.717) is 12.6 Å². The van der Waals surface area contributed by atoms with Gasteiger partial charge in [-0.3, -0.25) is 9.69 Å². The van der Waals surface area contributed by atoms with Crippen molar-refractivity contribution in [3.8, 4) is 0 Å². The first-order valence-corrected chi connectivity index (χ1v) is 7.49. The summed E-state index contributed by atoms with van der Waals surface area (Å²) in [6.45, 7) is 9.03. The molecule has 2 atom stereocenters. The Labute approximate surface area is 117 Å². The molecule has 0 aromatic carbocycles. The minimum Gasteiger partial charge on any atom is -0.389 e. The molecule has 0 aromatic rings. The molecule has 19 heavy (non-hydrogen) atoms. The molecule has 1 saturated heterocycles. The van der Waals surface area contributed by atoms with Gasteiger partial charge in [-0.15, -0.1) is 0 Å². The largest absolute Gasteiger partial charge is 0.389 e. The fourth-order valence-corrected chi connectivity index (χ4v) is 2.89. The van der Waals surface area contributed by atoms with Crippen LogP contribution in [0.3, 0.4) is 0 Å². The Kier molecular flexibility index (Phi) is 5.81. The first kappa shape index (κ1) is 16.4. The highest BCUT2D eigenvalue weighted by molar-refractivity contribution is 5.81. The lowest BCUT2D eigenvalue weighted by atomic mass is 9.99. The summed E-state index contributed by atoms with van der Waals surface area (Å²) in [4.78, 5) is 16.6. The quantitative estimate of drug-likeness (QED) is 0.829. The minimum absolute atomic E-state index is 0.168. The summed E-state index contributed by atoms with van der Waals surface area (Å²) < 4.78 is 0. The van der Waals surface area contributed by atoms with Crippen molar-refractivity contribution in [1.82, 2.24) is 9.80 Å². The van der Waals surface area contributed by atoms with Gasteiger partial charge in [-0.2, -0.15) is 0 Å². The number of amides is 1. The highest BCUT2D eigenvalue weighted by Gasteiger charge is 2.31. The van der Waals surface area contributed by atoms with Gasteiger partial charge in [0.2, 0.25) is 5.91 Å². The molecule has 112 valence electrons. The van der Waals surface area contributed by atoms with E-state index in [1.165, 1.54) is 6.42 Å². The van der Waals surface area contributed by atoms with E-state index >= 15 is 0 Å². The van der Waals surface area contributed by atoms with Gasteiger partial charge in [0.1, 0.15) is 0 Å². The third-order valence-electron chi connectivity index (χ3n) is 4.04. The normalized spacial score (nSPS) is 22.7. The fraction of sp³-hybridized carbons (Fsp3) is 0.933. The van der Waals surface area contributed by atoms with Gasteiger partial charge in [-0.05, 0) is 53.5 Å². The van der Waals surface area contributed by atoms with Crippen LogP contribution in [0.1, 0.15) is 53.4 Å². The van der Waals surface area contributed by atoms with E-state index in [9.17, 15) is 9.90 Å². The summed E-state index contributed by atoms with van der Waals surface area (Å²) in [5.41, 5.74) is -0.769. The van der Waals surface area contributed by atoms with Gasteiger partial charge < -0.3 is 10.0 Å². The lowest BCUT2D eigenvalue weighted by Crippen LogP contribution is -2.53. The topological polar surface area (TPSA) is 43.8 Å². The lowest BCUT2D eigenvalue weighted by Gasteiger charge is -2.39. The second-order valence-corrected chi connectivity index (χ2v) is 6.49. The maximum atomic E-state index is 12.6. The van der Waals surface area contributed by atoms with E-state index in [-0.39, 0.29) is 11.9 Å². The first-order chi connectivity index (χ1) is 8.76. The number of nitrogens with zero attached hydrogens (tertiary/aromatic N) is 2. The van der Waals surface area contributed by atoms with Crippen LogP contribution in [0.5, 0.6) is 0 Å². The van der Waals surface area contributed by atoms with Gasteiger partial charge in [0.15, 0.2) is 0 Å². The second kappa shape index (κ2) is 6.71. The number of likely N-dealkylation sites (N-methyl/N-ethyl adjacent to an activating group) is 1. The van der Waals surface area contributed by atoms with Crippen molar-refractivity contribution in [3.63, 3.8) is 0 Å². The Morgan fingerprint density at radius 1 is 1.47 bits per heavy atom. The number of carbonyl (C=O) groups excluding carboxylic acids is 1. The average molecular weight is 270 g/mol. The zero-order valence-electron chi connectivity index (χ0n) is 13.1. The average Bonchev–Trinajstić information content (AvgIpc) is 2.34.